The van der Waals surface area contributed by atoms with Crippen LogP contribution in [0.3, 0.4) is 0 Å². The third-order valence-corrected chi connectivity index (χ3v) is 3.03. The average molecular weight is 282 g/mol. The van der Waals surface area contributed by atoms with Gasteiger partial charge in [-0.25, -0.2) is 0 Å². The van der Waals surface area contributed by atoms with Crippen LogP contribution in [0.5, 0.6) is 11.5 Å². The maximum absolute atomic E-state index is 12.9. The molecule has 0 unspecified atom stereocenters. The molecule has 8 heteroatoms. The molecule has 2 heterocycles. The Morgan fingerprint density at radius 1 is 1.25 bits per heavy atom. The maximum Gasteiger partial charge on any atom is 0.586 e. The van der Waals surface area contributed by atoms with Crippen LogP contribution in [0.15, 0.2) is 18.2 Å². The van der Waals surface area contributed by atoms with Crippen LogP contribution in [0.4, 0.5) is 14.5 Å². The Balaban J connectivity index is 1.72. The smallest absolute Gasteiger partial charge is 0.395 e. The van der Waals surface area contributed by atoms with Crippen molar-refractivity contribution in [1.29, 1.82) is 0 Å². The fourth-order valence-electron chi connectivity index (χ4n) is 1.85. The second-order valence-corrected chi connectivity index (χ2v) is 4.41. The molecule has 0 spiro atoms. The van der Waals surface area contributed by atoms with Crippen molar-refractivity contribution in [2.24, 2.45) is 7.05 Å². The Morgan fingerprint density at radius 2 is 2.00 bits per heavy atom. The van der Waals surface area contributed by atoms with Gasteiger partial charge in [0.2, 0.25) is 0 Å². The highest BCUT2D eigenvalue weighted by atomic mass is 19.3. The van der Waals surface area contributed by atoms with E-state index in [9.17, 15) is 8.78 Å². The molecule has 0 saturated heterocycles. The number of nitrogens with zero attached hydrogens (tertiary/aromatic N) is 3. The number of nitrogens with one attached hydrogen (secondary N) is 1. The Hall–Kier alpha value is -2.38. The zero-order valence-corrected chi connectivity index (χ0v) is 10.9. The number of aromatic nitrogens is 3. The molecule has 2 aromatic rings. The number of alkyl halides is 2. The number of benzene rings is 1. The monoisotopic (exact) mass is 282 g/mol. The van der Waals surface area contributed by atoms with Crippen molar-refractivity contribution in [2.75, 3.05) is 5.32 Å². The second kappa shape index (κ2) is 4.32. The number of fused-ring (bicyclic) bond motifs is 1. The lowest BCUT2D eigenvalue weighted by Gasteiger charge is -2.07. The zero-order chi connectivity index (χ0) is 14.3. The van der Waals surface area contributed by atoms with Gasteiger partial charge in [0, 0.05) is 18.8 Å². The molecule has 0 radical (unpaired) electrons. The van der Waals surface area contributed by atoms with Gasteiger partial charge in [0.1, 0.15) is 5.82 Å². The van der Waals surface area contributed by atoms with Crippen LogP contribution in [0, 0.1) is 6.92 Å². The first-order valence-corrected chi connectivity index (χ1v) is 5.93. The topological polar surface area (TPSA) is 61.2 Å². The molecule has 1 N–H and O–H groups in total. The predicted molar refractivity (Wildman–Crippen MR) is 65.7 cm³/mol. The lowest BCUT2D eigenvalue weighted by atomic mass is 10.3. The van der Waals surface area contributed by atoms with E-state index in [-0.39, 0.29) is 11.5 Å². The van der Waals surface area contributed by atoms with Gasteiger partial charge in [0.05, 0.1) is 6.54 Å². The van der Waals surface area contributed by atoms with E-state index in [1.807, 2.05) is 18.5 Å². The molecule has 0 fully saturated rings. The standard InChI is InChI=1S/C12H12F2N4O2/c1-7-16-17-11(18(7)2)6-15-8-3-4-9-10(5-8)20-12(13,14)19-9/h3-5,15H,6H2,1-2H3. The highest BCUT2D eigenvalue weighted by molar-refractivity contribution is 5.55. The second-order valence-electron chi connectivity index (χ2n) is 4.41. The quantitative estimate of drug-likeness (QED) is 0.933. The molecule has 0 amide bonds. The van der Waals surface area contributed by atoms with Gasteiger partial charge in [-0.05, 0) is 19.1 Å². The summed E-state index contributed by atoms with van der Waals surface area (Å²) in [6, 6.07) is 4.52. The Labute approximate surface area is 113 Å². The van der Waals surface area contributed by atoms with Crippen LogP contribution in [0.1, 0.15) is 11.6 Å². The molecule has 1 aliphatic rings. The van der Waals surface area contributed by atoms with Crippen molar-refractivity contribution < 1.29 is 18.3 Å². The summed E-state index contributed by atoms with van der Waals surface area (Å²) in [5, 5.41) is 11.0. The van der Waals surface area contributed by atoms with Crippen molar-refractivity contribution in [3.05, 3.63) is 29.8 Å². The summed E-state index contributed by atoms with van der Waals surface area (Å²) in [5.41, 5.74) is 0.630. The molecule has 0 atom stereocenters. The Bertz CT molecular complexity index is 657. The average Bonchev–Trinajstić information content (AvgIpc) is 2.86. The van der Waals surface area contributed by atoms with Crippen molar-refractivity contribution >= 4 is 5.69 Å². The number of hydrogen-bond donors (Lipinski definition) is 1. The van der Waals surface area contributed by atoms with Crippen LogP contribution in [0.2, 0.25) is 0 Å². The number of anilines is 1. The first-order valence-electron chi connectivity index (χ1n) is 5.93. The van der Waals surface area contributed by atoms with Crippen molar-refractivity contribution in [3.8, 4) is 11.5 Å². The van der Waals surface area contributed by atoms with Gasteiger partial charge in [-0.2, -0.15) is 0 Å². The summed E-state index contributed by atoms with van der Waals surface area (Å²) in [5.74, 6) is 1.57. The minimum atomic E-state index is -3.60. The van der Waals surface area contributed by atoms with Gasteiger partial charge in [0.25, 0.3) is 0 Å². The van der Waals surface area contributed by atoms with Gasteiger partial charge in [-0.1, -0.05) is 0 Å². The molecule has 20 heavy (non-hydrogen) atoms. The number of ether oxygens (including phenoxy) is 2. The van der Waals surface area contributed by atoms with E-state index in [4.69, 9.17) is 0 Å². The number of hydrogen-bond acceptors (Lipinski definition) is 5. The van der Waals surface area contributed by atoms with E-state index in [2.05, 4.69) is 25.0 Å². The minimum absolute atomic E-state index is 0.00847. The van der Waals surface area contributed by atoms with Gasteiger partial charge in [-0.3, -0.25) is 0 Å². The maximum atomic E-state index is 12.9. The van der Waals surface area contributed by atoms with E-state index in [1.165, 1.54) is 12.1 Å². The van der Waals surface area contributed by atoms with Gasteiger partial charge >= 0.3 is 6.29 Å². The first-order chi connectivity index (χ1) is 9.44. The van der Waals surface area contributed by atoms with Crippen LogP contribution in [-0.4, -0.2) is 21.1 Å². The van der Waals surface area contributed by atoms with Gasteiger partial charge in [0.15, 0.2) is 17.3 Å². The lowest BCUT2D eigenvalue weighted by molar-refractivity contribution is -0.286. The molecule has 0 saturated carbocycles. The summed E-state index contributed by atoms with van der Waals surface area (Å²) in [7, 11) is 1.85. The molecule has 6 nitrogen and oxygen atoms in total. The van der Waals surface area contributed by atoms with Crippen LogP contribution in [-0.2, 0) is 13.6 Å². The summed E-state index contributed by atoms with van der Waals surface area (Å²) in [4.78, 5) is 0. The number of aryl methyl sites for hydroxylation is 1. The number of rotatable bonds is 3. The summed E-state index contributed by atoms with van der Waals surface area (Å²) in [6.45, 7) is 2.27. The normalized spacial score (nSPS) is 15.4. The van der Waals surface area contributed by atoms with Crippen LogP contribution >= 0.6 is 0 Å². The van der Waals surface area contributed by atoms with E-state index < -0.39 is 6.29 Å². The predicted octanol–water partition coefficient (Wildman–Crippen LogP) is 2.06. The summed E-state index contributed by atoms with van der Waals surface area (Å²) >= 11 is 0. The lowest BCUT2D eigenvalue weighted by Crippen LogP contribution is -2.25. The van der Waals surface area contributed by atoms with Gasteiger partial charge in [-0.15, -0.1) is 19.0 Å². The van der Waals surface area contributed by atoms with E-state index >= 15 is 0 Å². The Kier molecular flexibility index (Phi) is 2.73. The molecule has 1 aromatic heterocycles. The molecule has 0 bridgehead atoms. The van der Waals surface area contributed by atoms with E-state index in [1.54, 1.807) is 6.07 Å². The number of halogens is 2. The zero-order valence-electron chi connectivity index (χ0n) is 10.9. The SMILES string of the molecule is Cc1nnc(CNc2ccc3c(c2)OC(F)(F)O3)n1C. The third kappa shape index (κ3) is 2.24. The van der Waals surface area contributed by atoms with Gasteiger partial charge < -0.3 is 19.4 Å². The largest absolute Gasteiger partial charge is 0.586 e. The summed E-state index contributed by atoms with van der Waals surface area (Å²) < 4.78 is 36.3. The molecule has 1 aromatic carbocycles. The fraction of sp³-hybridized carbons (Fsp3) is 0.333. The van der Waals surface area contributed by atoms with Crippen LogP contribution < -0.4 is 14.8 Å². The molecular weight excluding hydrogens is 270 g/mol. The molecule has 0 aliphatic carbocycles. The van der Waals surface area contributed by atoms with Crippen molar-refractivity contribution in [3.63, 3.8) is 0 Å². The molecule has 1 aliphatic heterocycles. The third-order valence-electron chi connectivity index (χ3n) is 3.03. The highest BCUT2D eigenvalue weighted by Crippen LogP contribution is 2.42. The molecule has 3 rings (SSSR count). The first kappa shape index (κ1) is 12.6. The van der Waals surface area contributed by atoms with Crippen molar-refractivity contribution in [2.45, 2.75) is 19.8 Å². The fourth-order valence-corrected chi connectivity index (χ4v) is 1.85. The van der Waals surface area contributed by atoms with Crippen molar-refractivity contribution in [1.82, 2.24) is 14.8 Å². The highest BCUT2D eigenvalue weighted by Gasteiger charge is 2.43. The molecule has 106 valence electrons. The molecular formula is C12H12F2N4O2. The van der Waals surface area contributed by atoms with E-state index in [0.29, 0.717) is 12.2 Å². The summed E-state index contributed by atoms with van der Waals surface area (Å²) in [6.07, 6.45) is -3.60. The minimum Gasteiger partial charge on any atom is -0.395 e. The van der Waals surface area contributed by atoms with Crippen LogP contribution in [0.25, 0.3) is 0 Å². The Morgan fingerprint density at radius 3 is 2.70 bits per heavy atom. The van der Waals surface area contributed by atoms with E-state index in [0.717, 1.165) is 11.6 Å².